The average Bonchev–Trinajstić information content (AvgIpc) is 2.68. The van der Waals surface area contributed by atoms with Gasteiger partial charge in [0.15, 0.2) is 9.84 Å². The summed E-state index contributed by atoms with van der Waals surface area (Å²) in [7, 11) is -3.05. The minimum atomic E-state index is -3.05. The largest absolute Gasteiger partial charge is 0.481 e. The maximum absolute atomic E-state index is 12.1. The number of hydrogen-bond donors (Lipinski definition) is 2. The molecule has 1 heterocycles. The highest BCUT2D eigenvalue weighted by atomic mass is 32.2. The van der Waals surface area contributed by atoms with Gasteiger partial charge in [-0.2, -0.15) is 0 Å². The Hall–Kier alpha value is -1.37. The first-order valence-corrected chi connectivity index (χ1v) is 8.10. The first-order chi connectivity index (χ1) is 8.89. The number of carbonyl (C=O) groups is 2. The molecule has 0 aromatic heterocycles. The first-order valence-electron chi connectivity index (χ1n) is 6.27. The van der Waals surface area contributed by atoms with E-state index in [-0.39, 0.29) is 23.5 Å². The summed E-state index contributed by atoms with van der Waals surface area (Å²) in [4.78, 5) is 23.2. The molecule has 0 spiro atoms. The van der Waals surface area contributed by atoms with Gasteiger partial charge in [-0.05, 0) is 19.3 Å². The zero-order valence-electron chi connectivity index (χ0n) is 10.4. The lowest BCUT2D eigenvalue weighted by molar-refractivity contribution is -0.147. The maximum atomic E-state index is 12.1. The van der Waals surface area contributed by atoms with E-state index in [1.54, 1.807) is 12.2 Å². The molecule has 0 aromatic rings. The fourth-order valence-corrected chi connectivity index (χ4v) is 4.27. The first kappa shape index (κ1) is 14.0. The molecule has 0 bridgehead atoms. The SMILES string of the molecule is O=C(N[C@H]1CCS(=O)(=O)C1)[C@H]1CC=CC[C@H]1C(=O)O. The molecule has 1 aliphatic heterocycles. The number of carboxylic acid groups (broad SMARTS) is 1. The summed E-state index contributed by atoms with van der Waals surface area (Å²) in [5.74, 6) is -2.61. The van der Waals surface area contributed by atoms with E-state index in [0.717, 1.165) is 0 Å². The summed E-state index contributed by atoms with van der Waals surface area (Å²) >= 11 is 0. The summed E-state index contributed by atoms with van der Waals surface area (Å²) in [6.07, 6.45) is 4.71. The van der Waals surface area contributed by atoms with Crippen LogP contribution in [-0.4, -0.2) is 42.9 Å². The Bertz CT molecular complexity index is 510. The third kappa shape index (κ3) is 3.34. The van der Waals surface area contributed by atoms with E-state index in [1.807, 2.05) is 0 Å². The van der Waals surface area contributed by atoms with Crippen LogP contribution in [0, 0.1) is 11.8 Å². The van der Waals surface area contributed by atoms with Crippen LogP contribution in [0.3, 0.4) is 0 Å². The number of aliphatic carboxylic acids is 1. The molecule has 0 radical (unpaired) electrons. The van der Waals surface area contributed by atoms with Gasteiger partial charge in [0, 0.05) is 6.04 Å². The van der Waals surface area contributed by atoms with Crippen molar-refractivity contribution in [2.75, 3.05) is 11.5 Å². The van der Waals surface area contributed by atoms with E-state index in [2.05, 4.69) is 5.32 Å². The maximum Gasteiger partial charge on any atom is 0.307 e. The van der Waals surface area contributed by atoms with Gasteiger partial charge in [-0.3, -0.25) is 9.59 Å². The number of sulfone groups is 1. The van der Waals surface area contributed by atoms with Crippen molar-refractivity contribution in [3.05, 3.63) is 12.2 Å². The van der Waals surface area contributed by atoms with Crippen molar-refractivity contribution in [1.82, 2.24) is 5.32 Å². The summed E-state index contributed by atoms with van der Waals surface area (Å²) in [5, 5.41) is 11.8. The zero-order chi connectivity index (χ0) is 14.0. The summed E-state index contributed by atoms with van der Waals surface area (Å²) in [6.45, 7) is 0. The highest BCUT2D eigenvalue weighted by Crippen LogP contribution is 2.26. The molecular formula is C12H17NO5S. The molecule has 2 aliphatic rings. The number of nitrogens with one attached hydrogen (secondary N) is 1. The van der Waals surface area contributed by atoms with Crippen molar-refractivity contribution >= 4 is 21.7 Å². The third-order valence-electron chi connectivity index (χ3n) is 3.67. The fraction of sp³-hybridized carbons (Fsp3) is 0.667. The molecule has 19 heavy (non-hydrogen) atoms. The monoisotopic (exact) mass is 287 g/mol. The van der Waals surface area contributed by atoms with Gasteiger partial charge in [-0.1, -0.05) is 12.2 Å². The van der Waals surface area contributed by atoms with Crippen molar-refractivity contribution in [3.63, 3.8) is 0 Å². The quantitative estimate of drug-likeness (QED) is 0.709. The molecule has 1 amide bonds. The average molecular weight is 287 g/mol. The van der Waals surface area contributed by atoms with Crippen LogP contribution in [-0.2, 0) is 19.4 Å². The number of amides is 1. The predicted octanol–water partition coefficient (Wildman–Crippen LogP) is -0.0433. The van der Waals surface area contributed by atoms with Crippen LogP contribution in [0.25, 0.3) is 0 Å². The van der Waals surface area contributed by atoms with E-state index >= 15 is 0 Å². The standard InChI is InChI=1S/C12H17NO5S/c14-11(13-8-5-6-19(17,18)7-8)9-3-1-2-4-10(9)12(15)16/h1-2,8-10H,3-7H2,(H,13,14)(H,15,16)/t8-,9-,10+/m0/s1. The van der Waals surface area contributed by atoms with Gasteiger partial charge in [-0.15, -0.1) is 0 Å². The van der Waals surface area contributed by atoms with Crippen LogP contribution in [0.1, 0.15) is 19.3 Å². The van der Waals surface area contributed by atoms with E-state index in [1.165, 1.54) is 0 Å². The van der Waals surface area contributed by atoms with E-state index < -0.39 is 27.6 Å². The Morgan fingerprint density at radius 1 is 1.16 bits per heavy atom. The highest BCUT2D eigenvalue weighted by molar-refractivity contribution is 7.91. The van der Waals surface area contributed by atoms with Crippen molar-refractivity contribution < 1.29 is 23.1 Å². The molecule has 106 valence electrons. The van der Waals surface area contributed by atoms with Gasteiger partial charge in [0.2, 0.25) is 5.91 Å². The second-order valence-corrected chi connectivity index (χ2v) is 7.33. The second-order valence-electron chi connectivity index (χ2n) is 5.10. The topological polar surface area (TPSA) is 101 Å². The van der Waals surface area contributed by atoms with Crippen molar-refractivity contribution in [2.24, 2.45) is 11.8 Å². The molecule has 2 N–H and O–H groups in total. The minimum absolute atomic E-state index is 0.0426. The molecule has 6 nitrogen and oxygen atoms in total. The van der Waals surface area contributed by atoms with Crippen LogP contribution >= 0.6 is 0 Å². The van der Waals surface area contributed by atoms with Gasteiger partial charge in [0.1, 0.15) is 0 Å². The second kappa shape index (κ2) is 5.32. The van der Waals surface area contributed by atoms with Crippen molar-refractivity contribution in [1.29, 1.82) is 0 Å². The van der Waals surface area contributed by atoms with Gasteiger partial charge in [0.25, 0.3) is 0 Å². The third-order valence-corrected chi connectivity index (χ3v) is 5.43. The zero-order valence-corrected chi connectivity index (χ0v) is 11.2. The Morgan fingerprint density at radius 2 is 1.79 bits per heavy atom. The summed E-state index contributed by atoms with van der Waals surface area (Å²) < 4.78 is 22.6. The lowest BCUT2D eigenvalue weighted by atomic mass is 9.82. The smallest absolute Gasteiger partial charge is 0.307 e. The molecule has 1 saturated heterocycles. The van der Waals surface area contributed by atoms with Crippen LogP contribution < -0.4 is 5.32 Å². The van der Waals surface area contributed by atoms with E-state index in [0.29, 0.717) is 19.3 Å². The van der Waals surface area contributed by atoms with E-state index in [4.69, 9.17) is 5.11 Å². The Labute approximate surface area is 111 Å². The fourth-order valence-electron chi connectivity index (χ4n) is 2.59. The van der Waals surface area contributed by atoms with Gasteiger partial charge < -0.3 is 10.4 Å². The molecular weight excluding hydrogens is 270 g/mol. The van der Waals surface area contributed by atoms with Gasteiger partial charge in [0.05, 0.1) is 23.3 Å². The van der Waals surface area contributed by atoms with Crippen LogP contribution in [0.5, 0.6) is 0 Å². The molecule has 1 fully saturated rings. The lowest BCUT2D eigenvalue weighted by Crippen LogP contribution is -2.43. The molecule has 2 rings (SSSR count). The summed E-state index contributed by atoms with van der Waals surface area (Å²) in [6, 6.07) is -0.377. The predicted molar refractivity (Wildman–Crippen MR) is 68.2 cm³/mol. The molecule has 0 aromatic carbocycles. The van der Waals surface area contributed by atoms with Crippen LogP contribution in [0.2, 0.25) is 0 Å². The van der Waals surface area contributed by atoms with Gasteiger partial charge >= 0.3 is 5.97 Å². The Kier molecular flexibility index (Phi) is 3.93. The lowest BCUT2D eigenvalue weighted by Gasteiger charge is -2.25. The number of allylic oxidation sites excluding steroid dienone is 2. The molecule has 0 saturated carbocycles. The Morgan fingerprint density at radius 3 is 2.32 bits per heavy atom. The number of carboxylic acids is 1. The van der Waals surface area contributed by atoms with Crippen LogP contribution in [0.4, 0.5) is 0 Å². The Balaban J connectivity index is 1.99. The van der Waals surface area contributed by atoms with Crippen molar-refractivity contribution in [2.45, 2.75) is 25.3 Å². The molecule has 0 unspecified atom stereocenters. The number of hydrogen-bond acceptors (Lipinski definition) is 4. The van der Waals surface area contributed by atoms with E-state index in [9.17, 15) is 18.0 Å². The van der Waals surface area contributed by atoms with Gasteiger partial charge in [-0.25, -0.2) is 8.42 Å². The highest BCUT2D eigenvalue weighted by Gasteiger charge is 2.36. The molecule has 1 aliphatic carbocycles. The normalized spacial score (nSPS) is 32.9. The molecule has 3 atom stereocenters. The summed E-state index contributed by atoms with van der Waals surface area (Å²) in [5.41, 5.74) is 0. The van der Waals surface area contributed by atoms with Crippen molar-refractivity contribution in [3.8, 4) is 0 Å². The van der Waals surface area contributed by atoms with Crippen LogP contribution in [0.15, 0.2) is 12.2 Å². The number of rotatable bonds is 3. The number of carbonyl (C=O) groups excluding carboxylic acids is 1. The minimum Gasteiger partial charge on any atom is -0.481 e. The molecule has 7 heteroatoms.